The molecule has 8 nitrogen and oxygen atoms in total. The number of unbranched alkanes of at least 4 members (excludes halogenated alkanes) is 1. The standard InChI is InChI=1S/C20H29NO7/c1-14(16-8-9-17(24-3)18(11-16)25-4)21-28-10-6-5-7-15-12-26-20(2,19(22)23)27-13-15/h8-9,11,15H,5-7,10,12-13H2,1-4H3,(H,22,23)/b21-14-. The number of hydrogen-bond donors (Lipinski definition) is 1. The molecule has 0 radical (unpaired) electrons. The molecule has 1 aromatic rings. The third-order valence-electron chi connectivity index (χ3n) is 4.68. The lowest BCUT2D eigenvalue weighted by molar-refractivity contribution is -0.271. The van der Waals surface area contributed by atoms with Gasteiger partial charge >= 0.3 is 5.97 Å². The molecular weight excluding hydrogens is 366 g/mol. The van der Waals surface area contributed by atoms with Crippen molar-refractivity contribution in [1.82, 2.24) is 0 Å². The Morgan fingerprint density at radius 1 is 1.21 bits per heavy atom. The number of nitrogens with zero attached hydrogens (tertiary/aromatic N) is 1. The van der Waals surface area contributed by atoms with Crippen molar-refractivity contribution in [1.29, 1.82) is 0 Å². The summed E-state index contributed by atoms with van der Waals surface area (Å²) in [7, 11) is 3.19. The van der Waals surface area contributed by atoms with Gasteiger partial charge in [-0.3, -0.25) is 0 Å². The molecule has 1 aliphatic rings. The van der Waals surface area contributed by atoms with Crippen molar-refractivity contribution in [2.24, 2.45) is 11.1 Å². The summed E-state index contributed by atoms with van der Waals surface area (Å²) in [6.07, 6.45) is 2.65. The highest BCUT2D eigenvalue weighted by Gasteiger charge is 2.40. The van der Waals surface area contributed by atoms with Gasteiger partial charge in [0.1, 0.15) is 6.61 Å². The Labute approximate surface area is 165 Å². The number of benzene rings is 1. The first kappa shape index (κ1) is 22.0. The lowest BCUT2D eigenvalue weighted by atomic mass is 10.0. The molecule has 1 aromatic carbocycles. The number of aliphatic carboxylic acids is 1. The molecule has 28 heavy (non-hydrogen) atoms. The topological polar surface area (TPSA) is 95.8 Å². The third-order valence-corrected chi connectivity index (χ3v) is 4.68. The Morgan fingerprint density at radius 2 is 1.89 bits per heavy atom. The molecule has 0 amide bonds. The van der Waals surface area contributed by atoms with Gasteiger partial charge in [-0.25, -0.2) is 4.79 Å². The molecule has 0 aromatic heterocycles. The van der Waals surface area contributed by atoms with Crippen LogP contribution in [0, 0.1) is 5.92 Å². The summed E-state index contributed by atoms with van der Waals surface area (Å²) in [4.78, 5) is 16.5. The van der Waals surface area contributed by atoms with Gasteiger partial charge in [0, 0.05) is 18.4 Å². The van der Waals surface area contributed by atoms with E-state index in [1.165, 1.54) is 6.92 Å². The number of carboxylic acids is 1. The summed E-state index contributed by atoms with van der Waals surface area (Å²) >= 11 is 0. The van der Waals surface area contributed by atoms with Crippen molar-refractivity contribution in [3.8, 4) is 11.5 Å². The minimum Gasteiger partial charge on any atom is -0.493 e. The minimum atomic E-state index is -1.52. The predicted molar refractivity (Wildman–Crippen MR) is 103 cm³/mol. The van der Waals surface area contributed by atoms with Gasteiger partial charge in [0.25, 0.3) is 5.79 Å². The zero-order chi connectivity index (χ0) is 20.6. The van der Waals surface area contributed by atoms with Crippen molar-refractivity contribution in [3.63, 3.8) is 0 Å². The number of carboxylic acid groups (broad SMARTS) is 1. The Hall–Kier alpha value is -2.32. The summed E-state index contributed by atoms with van der Waals surface area (Å²) < 4.78 is 21.2. The SMILES string of the molecule is COc1ccc(/C(C)=N\OCCCCC2COC(C)(C(=O)O)OC2)cc1OC. The number of oxime groups is 1. The maximum Gasteiger partial charge on any atom is 0.364 e. The van der Waals surface area contributed by atoms with Crippen molar-refractivity contribution in [3.05, 3.63) is 23.8 Å². The quantitative estimate of drug-likeness (QED) is 0.369. The van der Waals surface area contributed by atoms with E-state index in [0.29, 0.717) is 31.3 Å². The number of hydrogen-bond acceptors (Lipinski definition) is 7. The first-order chi connectivity index (χ1) is 13.4. The highest BCUT2D eigenvalue weighted by atomic mass is 16.7. The molecule has 156 valence electrons. The van der Waals surface area contributed by atoms with E-state index in [2.05, 4.69) is 5.16 Å². The molecule has 1 saturated heterocycles. The molecule has 1 N–H and O–H groups in total. The van der Waals surface area contributed by atoms with E-state index >= 15 is 0 Å². The molecular formula is C20H29NO7. The van der Waals surface area contributed by atoms with E-state index in [1.807, 2.05) is 25.1 Å². The smallest absolute Gasteiger partial charge is 0.364 e. The first-order valence-corrected chi connectivity index (χ1v) is 9.30. The average molecular weight is 395 g/mol. The predicted octanol–water partition coefficient (Wildman–Crippen LogP) is 3.08. The normalized spacial score (nSPS) is 22.6. The largest absolute Gasteiger partial charge is 0.493 e. The zero-order valence-electron chi connectivity index (χ0n) is 16.9. The fourth-order valence-electron chi connectivity index (χ4n) is 2.79. The van der Waals surface area contributed by atoms with Crippen LogP contribution in [0.15, 0.2) is 23.4 Å². The van der Waals surface area contributed by atoms with Gasteiger partial charge in [-0.15, -0.1) is 0 Å². The van der Waals surface area contributed by atoms with Crippen LogP contribution in [0.2, 0.25) is 0 Å². The summed E-state index contributed by atoms with van der Waals surface area (Å²) in [6, 6.07) is 5.59. The van der Waals surface area contributed by atoms with Gasteiger partial charge in [0.2, 0.25) is 0 Å². The summed E-state index contributed by atoms with van der Waals surface area (Å²) in [5, 5.41) is 13.2. The maximum absolute atomic E-state index is 11.0. The first-order valence-electron chi connectivity index (χ1n) is 9.30. The van der Waals surface area contributed by atoms with Crippen LogP contribution in [0.5, 0.6) is 11.5 Å². The van der Waals surface area contributed by atoms with Gasteiger partial charge in [0.15, 0.2) is 11.5 Å². The molecule has 1 heterocycles. The minimum absolute atomic E-state index is 0.199. The third kappa shape index (κ3) is 5.84. The molecule has 0 saturated carbocycles. The van der Waals surface area contributed by atoms with Crippen molar-refractivity contribution < 1.29 is 33.7 Å². The molecule has 0 aliphatic carbocycles. The summed E-state index contributed by atoms with van der Waals surface area (Å²) in [5.74, 6) is -1.10. The molecule has 1 aliphatic heterocycles. The van der Waals surface area contributed by atoms with E-state index in [9.17, 15) is 4.79 Å². The fraction of sp³-hybridized carbons (Fsp3) is 0.600. The monoisotopic (exact) mass is 395 g/mol. The zero-order valence-corrected chi connectivity index (χ0v) is 16.9. The van der Waals surface area contributed by atoms with Gasteiger partial charge < -0.3 is 28.9 Å². The fourth-order valence-corrected chi connectivity index (χ4v) is 2.79. The second-order valence-electron chi connectivity index (χ2n) is 6.81. The Balaban J connectivity index is 1.68. The molecule has 2 rings (SSSR count). The van der Waals surface area contributed by atoms with Crippen LogP contribution < -0.4 is 9.47 Å². The molecule has 0 unspecified atom stereocenters. The highest BCUT2D eigenvalue weighted by Crippen LogP contribution is 2.28. The van der Waals surface area contributed by atoms with Crippen molar-refractivity contribution >= 4 is 11.7 Å². The van der Waals surface area contributed by atoms with Gasteiger partial charge in [0.05, 0.1) is 33.1 Å². The van der Waals surface area contributed by atoms with Gasteiger partial charge in [-0.05, 0) is 44.4 Å². The van der Waals surface area contributed by atoms with Crippen LogP contribution >= 0.6 is 0 Å². The van der Waals surface area contributed by atoms with Crippen LogP contribution in [-0.2, 0) is 19.1 Å². The van der Waals surface area contributed by atoms with Crippen molar-refractivity contribution in [2.75, 3.05) is 34.0 Å². The summed E-state index contributed by atoms with van der Waals surface area (Å²) in [5.41, 5.74) is 1.65. The van der Waals surface area contributed by atoms with Crippen LogP contribution in [0.3, 0.4) is 0 Å². The average Bonchev–Trinajstić information content (AvgIpc) is 2.71. The molecule has 0 spiro atoms. The number of rotatable bonds is 10. The second-order valence-corrected chi connectivity index (χ2v) is 6.81. The number of ether oxygens (including phenoxy) is 4. The molecule has 8 heteroatoms. The highest BCUT2D eigenvalue weighted by molar-refractivity contribution is 5.98. The Morgan fingerprint density at radius 3 is 2.50 bits per heavy atom. The van der Waals surface area contributed by atoms with Crippen molar-refractivity contribution in [2.45, 2.75) is 38.9 Å². The van der Waals surface area contributed by atoms with Crippen LogP contribution in [0.25, 0.3) is 0 Å². The van der Waals surface area contributed by atoms with E-state index in [4.69, 9.17) is 28.9 Å². The molecule has 0 bridgehead atoms. The lowest BCUT2D eigenvalue weighted by Gasteiger charge is -2.34. The second kappa shape index (κ2) is 10.3. The number of methoxy groups -OCH3 is 2. The van der Waals surface area contributed by atoms with E-state index in [0.717, 1.165) is 30.5 Å². The Kier molecular flexibility index (Phi) is 8.07. The van der Waals surface area contributed by atoms with Gasteiger partial charge in [-0.1, -0.05) is 5.16 Å². The molecule has 0 atom stereocenters. The van der Waals surface area contributed by atoms with E-state index < -0.39 is 11.8 Å². The number of carbonyl (C=O) groups is 1. The van der Waals surface area contributed by atoms with Gasteiger partial charge in [-0.2, -0.15) is 0 Å². The summed E-state index contributed by atoms with van der Waals surface area (Å²) in [6.45, 7) is 4.59. The van der Waals surface area contributed by atoms with Crippen LogP contribution in [0.1, 0.15) is 38.7 Å². The Bertz CT molecular complexity index is 681. The van der Waals surface area contributed by atoms with E-state index in [-0.39, 0.29) is 5.92 Å². The lowest BCUT2D eigenvalue weighted by Crippen LogP contribution is -2.47. The van der Waals surface area contributed by atoms with Crippen LogP contribution in [0.4, 0.5) is 0 Å². The maximum atomic E-state index is 11.0. The molecule has 1 fully saturated rings. The van der Waals surface area contributed by atoms with Crippen LogP contribution in [-0.4, -0.2) is 56.6 Å². The van der Waals surface area contributed by atoms with E-state index in [1.54, 1.807) is 14.2 Å².